The van der Waals surface area contributed by atoms with Crippen LogP contribution in [0, 0.1) is 5.41 Å². The van der Waals surface area contributed by atoms with E-state index in [-0.39, 0.29) is 5.41 Å². The Morgan fingerprint density at radius 3 is 2.52 bits per heavy atom. The fraction of sp³-hybridized carbons (Fsp3) is 0.421. The highest BCUT2D eigenvalue weighted by Crippen LogP contribution is 2.16. The lowest BCUT2D eigenvalue weighted by atomic mass is 9.97. The van der Waals surface area contributed by atoms with Crippen LogP contribution in [0.4, 0.5) is 5.82 Å². The highest BCUT2D eigenvalue weighted by atomic mass is 32.2. The number of pyridine rings is 1. The van der Waals surface area contributed by atoms with Gasteiger partial charge in [0, 0.05) is 30.3 Å². The molecule has 0 unspecified atom stereocenters. The van der Waals surface area contributed by atoms with Gasteiger partial charge in [0.15, 0.2) is 0 Å². The smallest absolute Gasteiger partial charge is 0.126 e. The van der Waals surface area contributed by atoms with Crippen molar-refractivity contribution in [1.82, 2.24) is 10.3 Å². The van der Waals surface area contributed by atoms with Crippen molar-refractivity contribution in [3.63, 3.8) is 0 Å². The largest absolute Gasteiger partial charge is 0.370 e. The minimum Gasteiger partial charge on any atom is -0.370 e. The number of aromatic nitrogens is 1. The zero-order valence-corrected chi connectivity index (χ0v) is 15.1. The lowest BCUT2D eigenvalue weighted by Gasteiger charge is -2.19. The van der Waals surface area contributed by atoms with Crippen LogP contribution in [0.15, 0.2) is 53.4 Å². The Hall–Kier alpha value is -1.52. The van der Waals surface area contributed by atoms with Crippen molar-refractivity contribution in [1.29, 1.82) is 0 Å². The Morgan fingerprint density at radius 1 is 1.00 bits per heavy atom. The van der Waals surface area contributed by atoms with E-state index in [1.54, 1.807) is 0 Å². The summed E-state index contributed by atoms with van der Waals surface area (Å²) in [5.74, 6) is 2.02. The van der Waals surface area contributed by atoms with Crippen LogP contribution >= 0.6 is 11.8 Å². The van der Waals surface area contributed by atoms with Crippen LogP contribution in [0.3, 0.4) is 0 Å². The van der Waals surface area contributed by atoms with Gasteiger partial charge < -0.3 is 10.6 Å². The van der Waals surface area contributed by atoms with Gasteiger partial charge in [-0.05, 0) is 29.7 Å². The lowest BCUT2D eigenvalue weighted by Crippen LogP contribution is -2.20. The summed E-state index contributed by atoms with van der Waals surface area (Å²) in [6.07, 6.45) is 0. The number of hydrogen-bond acceptors (Lipinski definition) is 4. The van der Waals surface area contributed by atoms with E-state index < -0.39 is 0 Å². The van der Waals surface area contributed by atoms with Crippen molar-refractivity contribution in [3.05, 3.63) is 54.2 Å². The molecule has 1 aromatic carbocycles. The number of nitrogens with one attached hydrogen (secondary N) is 2. The van der Waals surface area contributed by atoms with Crippen molar-refractivity contribution >= 4 is 17.6 Å². The SMILES string of the molecule is CC(C)(C)CNc1cccc(CNCCSc2ccccc2)n1. The molecule has 0 spiro atoms. The molecule has 0 atom stereocenters. The predicted molar refractivity (Wildman–Crippen MR) is 101 cm³/mol. The molecule has 1 aromatic heterocycles. The standard InChI is InChI=1S/C19H27N3S/c1-19(2,3)15-21-18-11-7-8-16(22-18)14-20-12-13-23-17-9-5-4-6-10-17/h4-11,20H,12-15H2,1-3H3,(H,21,22). The predicted octanol–water partition coefficient (Wildman–Crippen LogP) is 4.42. The summed E-state index contributed by atoms with van der Waals surface area (Å²) in [5.41, 5.74) is 1.33. The zero-order chi connectivity index (χ0) is 16.5. The molecule has 0 saturated carbocycles. The summed E-state index contributed by atoms with van der Waals surface area (Å²) < 4.78 is 0. The molecule has 2 aromatic rings. The molecule has 0 aliphatic heterocycles. The summed E-state index contributed by atoms with van der Waals surface area (Å²) in [4.78, 5) is 5.97. The number of thioether (sulfide) groups is 1. The molecular weight excluding hydrogens is 302 g/mol. The van der Waals surface area contributed by atoms with Gasteiger partial charge in [0.1, 0.15) is 5.82 Å². The van der Waals surface area contributed by atoms with Gasteiger partial charge in [-0.25, -0.2) is 4.98 Å². The van der Waals surface area contributed by atoms with E-state index in [1.165, 1.54) is 4.90 Å². The van der Waals surface area contributed by atoms with E-state index in [0.717, 1.165) is 36.9 Å². The molecule has 3 nitrogen and oxygen atoms in total. The Balaban J connectivity index is 1.69. The molecule has 124 valence electrons. The average molecular weight is 330 g/mol. The fourth-order valence-electron chi connectivity index (χ4n) is 2.01. The molecule has 0 aliphatic carbocycles. The van der Waals surface area contributed by atoms with E-state index in [0.29, 0.717) is 0 Å². The molecule has 2 rings (SSSR count). The Labute approximate surface area is 144 Å². The zero-order valence-electron chi connectivity index (χ0n) is 14.3. The van der Waals surface area contributed by atoms with Gasteiger partial charge in [-0.15, -0.1) is 11.8 Å². The summed E-state index contributed by atoms with van der Waals surface area (Å²) >= 11 is 1.87. The maximum atomic E-state index is 4.65. The van der Waals surface area contributed by atoms with E-state index in [1.807, 2.05) is 17.8 Å². The Bertz CT molecular complexity index is 579. The van der Waals surface area contributed by atoms with E-state index >= 15 is 0 Å². The van der Waals surface area contributed by atoms with Crippen LogP contribution < -0.4 is 10.6 Å². The Kier molecular flexibility index (Phi) is 6.93. The van der Waals surface area contributed by atoms with Crippen molar-refractivity contribution in [2.75, 3.05) is 24.2 Å². The second kappa shape index (κ2) is 8.94. The third kappa shape index (κ3) is 7.53. The molecule has 2 N–H and O–H groups in total. The first-order chi connectivity index (χ1) is 11.0. The highest BCUT2D eigenvalue weighted by Gasteiger charge is 2.09. The number of hydrogen-bond donors (Lipinski definition) is 2. The molecule has 0 radical (unpaired) electrons. The molecule has 0 amide bonds. The van der Waals surface area contributed by atoms with E-state index in [9.17, 15) is 0 Å². The monoisotopic (exact) mass is 329 g/mol. The third-order valence-corrected chi connectivity index (χ3v) is 4.22. The molecular formula is C19H27N3S. The Morgan fingerprint density at radius 2 is 1.78 bits per heavy atom. The first-order valence-corrected chi connectivity index (χ1v) is 9.10. The molecule has 1 heterocycles. The molecule has 0 saturated heterocycles. The van der Waals surface area contributed by atoms with Crippen molar-refractivity contribution in [2.24, 2.45) is 5.41 Å². The van der Waals surface area contributed by atoms with Gasteiger partial charge in [0.05, 0.1) is 5.69 Å². The van der Waals surface area contributed by atoms with Crippen LogP contribution in [0.5, 0.6) is 0 Å². The van der Waals surface area contributed by atoms with Crippen molar-refractivity contribution in [3.8, 4) is 0 Å². The summed E-state index contributed by atoms with van der Waals surface area (Å²) in [5, 5.41) is 6.87. The van der Waals surface area contributed by atoms with Crippen LogP contribution in [0.2, 0.25) is 0 Å². The first-order valence-electron chi connectivity index (χ1n) is 8.11. The van der Waals surface area contributed by atoms with Gasteiger partial charge in [0.25, 0.3) is 0 Å². The lowest BCUT2D eigenvalue weighted by molar-refractivity contribution is 0.442. The van der Waals surface area contributed by atoms with Gasteiger partial charge in [-0.2, -0.15) is 0 Å². The van der Waals surface area contributed by atoms with Gasteiger partial charge in [0.2, 0.25) is 0 Å². The molecule has 0 bridgehead atoms. The quantitative estimate of drug-likeness (QED) is 0.555. The maximum Gasteiger partial charge on any atom is 0.126 e. The normalized spacial score (nSPS) is 11.4. The molecule has 0 aliphatic rings. The van der Waals surface area contributed by atoms with Crippen LogP contribution in [0.1, 0.15) is 26.5 Å². The average Bonchev–Trinajstić information content (AvgIpc) is 2.53. The number of nitrogens with zero attached hydrogens (tertiary/aromatic N) is 1. The molecule has 23 heavy (non-hydrogen) atoms. The van der Waals surface area contributed by atoms with E-state index in [2.05, 4.69) is 78.9 Å². The van der Waals surface area contributed by atoms with Gasteiger partial charge in [-0.3, -0.25) is 0 Å². The van der Waals surface area contributed by atoms with Gasteiger partial charge in [-0.1, -0.05) is 45.0 Å². The maximum absolute atomic E-state index is 4.65. The third-order valence-electron chi connectivity index (χ3n) is 3.20. The van der Waals surface area contributed by atoms with Crippen LogP contribution in [-0.2, 0) is 6.54 Å². The van der Waals surface area contributed by atoms with E-state index in [4.69, 9.17) is 0 Å². The summed E-state index contributed by atoms with van der Waals surface area (Å²) in [6.45, 7) is 9.35. The van der Waals surface area contributed by atoms with Crippen molar-refractivity contribution in [2.45, 2.75) is 32.2 Å². The van der Waals surface area contributed by atoms with Crippen molar-refractivity contribution < 1.29 is 0 Å². The summed E-state index contributed by atoms with van der Waals surface area (Å²) in [6, 6.07) is 16.7. The minimum atomic E-state index is 0.255. The second-order valence-corrected chi connectivity index (χ2v) is 7.93. The number of benzene rings is 1. The molecule has 4 heteroatoms. The highest BCUT2D eigenvalue weighted by molar-refractivity contribution is 7.99. The van der Waals surface area contributed by atoms with Crippen LogP contribution in [-0.4, -0.2) is 23.8 Å². The fourth-order valence-corrected chi connectivity index (χ4v) is 2.84. The van der Waals surface area contributed by atoms with Gasteiger partial charge >= 0.3 is 0 Å². The minimum absolute atomic E-state index is 0.255. The number of anilines is 1. The number of rotatable bonds is 8. The first kappa shape index (κ1) is 17.8. The van der Waals surface area contributed by atoms with Crippen LogP contribution in [0.25, 0.3) is 0 Å². The summed E-state index contributed by atoms with van der Waals surface area (Å²) in [7, 11) is 0. The second-order valence-electron chi connectivity index (χ2n) is 6.77. The molecule has 0 fully saturated rings. The topological polar surface area (TPSA) is 37.0 Å².